The zero-order chi connectivity index (χ0) is 21.3. The van der Waals surface area contributed by atoms with Crippen molar-refractivity contribution in [2.45, 2.75) is 18.4 Å². The summed E-state index contributed by atoms with van der Waals surface area (Å²) in [4.78, 5) is 12.9. The van der Waals surface area contributed by atoms with Crippen LogP contribution in [0.25, 0.3) is 11.1 Å². The number of benzene rings is 3. The average molecular weight is 423 g/mol. The predicted octanol–water partition coefficient (Wildman–Crippen LogP) is 3.50. The molecule has 0 bridgehead atoms. The van der Waals surface area contributed by atoms with Gasteiger partial charge in [0.1, 0.15) is 12.3 Å². The van der Waals surface area contributed by atoms with Gasteiger partial charge in [-0.3, -0.25) is 9.10 Å². The standard InChI is InChI=1S/C23H22N2O4S/c1-16-11-12-20-19(13-16)18-8-4-6-10-22(18)30(27,28)25(20)15-23(26)24-14-17-7-3-5-9-21(17)29-2/h3-13H,14-15H2,1-2H3,(H,24,26). The second-order valence-electron chi connectivity index (χ2n) is 7.12. The molecule has 4 rings (SSSR count). The summed E-state index contributed by atoms with van der Waals surface area (Å²) in [5.41, 5.74) is 3.80. The molecular weight excluding hydrogens is 400 g/mol. The van der Waals surface area contributed by atoms with E-state index in [2.05, 4.69) is 5.32 Å². The van der Waals surface area contributed by atoms with Gasteiger partial charge in [0.25, 0.3) is 10.0 Å². The molecule has 1 aliphatic heterocycles. The summed E-state index contributed by atoms with van der Waals surface area (Å²) < 4.78 is 33.1. The van der Waals surface area contributed by atoms with Crippen LogP contribution in [-0.4, -0.2) is 28.0 Å². The van der Waals surface area contributed by atoms with Gasteiger partial charge in [-0.05, 0) is 31.2 Å². The van der Waals surface area contributed by atoms with Crippen molar-refractivity contribution in [2.24, 2.45) is 0 Å². The number of nitrogens with one attached hydrogen (secondary N) is 1. The molecule has 0 aromatic heterocycles. The third kappa shape index (κ3) is 3.52. The van der Waals surface area contributed by atoms with Crippen LogP contribution in [0.15, 0.2) is 71.6 Å². The van der Waals surface area contributed by atoms with Crippen molar-refractivity contribution in [2.75, 3.05) is 18.0 Å². The van der Waals surface area contributed by atoms with Gasteiger partial charge in [0.05, 0.1) is 17.7 Å². The van der Waals surface area contributed by atoms with Crippen molar-refractivity contribution >= 4 is 21.6 Å². The number of carbonyl (C=O) groups is 1. The lowest BCUT2D eigenvalue weighted by atomic mass is 10.0. The topological polar surface area (TPSA) is 75.7 Å². The number of sulfonamides is 1. The van der Waals surface area contributed by atoms with Gasteiger partial charge in [-0.25, -0.2) is 8.42 Å². The highest BCUT2D eigenvalue weighted by molar-refractivity contribution is 7.93. The Hall–Kier alpha value is -3.32. The number of methoxy groups -OCH3 is 1. The molecule has 3 aromatic carbocycles. The lowest BCUT2D eigenvalue weighted by molar-refractivity contribution is -0.119. The van der Waals surface area contributed by atoms with E-state index in [4.69, 9.17) is 4.74 Å². The number of anilines is 1. The fourth-order valence-electron chi connectivity index (χ4n) is 3.64. The van der Waals surface area contributed by atoms with Crippen LogP contribution in [0.4, 0.5) is 5.69 Å². The van der Waals surface area contributed by atoms with E-state index < -0.39 is 15.9 Å². The number of carbonyl (C=O) groups excluding carboxylic acids is 1. The van der Waals surface area contributed by atoms with Gasteiger partial charge in [-0.15, -0.1) is 0 Å². The molecule has 154 valence electrons. The quantitative estimate of drug-likeness (QED) is 0.683. The van der Waals surface area contributed by atoms with Crippen molar-refractivity contribution in [3.8, 4) is 16.9 Å². The normalized spacial score (nSPS) is 13.9. The number of aryl methyl sites for hydroxylation is 1. The molecule has 0 spiro atoms. The van der Waals surface area contributed by atoms with Crippen molar-refractivity contribution in [3.63, 3.8) is 0 Å². The van der Waals surface area contributed by atoms with Gasteiger partial charge >= 0.3 is 0 Å². The van der Waals surface area contributed by atoms with Crippen LogP contribution < -0.4 is 14.4 Å². The van der Waals surface area contributed by atoms with Crippen LogP contribution >= 0.6 is 0 Å². The molecule has 1 heterocycles. The monoisotopic (exact) mass is 422 g/mol. The number of hydrogen-bond acceptors (Lipinski definition) is 4. The molecule has 0 aliphatic carbocycles. The van der Waals surface area contributed by atoms with Gasteiger partial charge in [0.2, 0.25) is 5.91 Å². The summed E-state index contributed by atoms with van der Waals surface area (Å²) in [5.74, 6) is 0.272. The Balaban J connectivity index is 1.63. The van der Waals surface area contributed by atoms with Gasteiger partial charge < -0.3 is 10.1 Å². The van der Waals surface area contributed by atoms with E-state index in [0.29, 0.717) is 17.0 Å². The first-order valence-electron chi connectivity index (χ1n) is 9.53. The largest absolute Gasteiger partial charge is 0.496 e. The Bertz CT molecular complexity index is 1220. The Morgan fingerprint density at radius 1 is 1.00 bits per heavy atom. The highest BCUT2D eigenvalue weighted by Gasteiger charge is 2.35. The molecule has 0 saturated heterocycles. The van der Waals surface area contributed by atoms with E-state index in [1.807, 2.05) is 49.4 Å². The fourth-order valence-corrected chi connectivity index (χ4v) is 5.29. The Labute approximate surface area is 176 Å². The van der Waals surface area contributed by atoms with E-state index in [1.54, 1.807) is 31.4 Å². The summed E-state index contributed by atoms with van der Waals surface area (Å²) in [6.07, 6.45) is 0. The van der Waals surface area contributed by atoms with Crippen LogP contribution in [-0.2, 0) is 21.4 Å². The molecular formula is C23H22N2O4S. The minimum Gasteiger partial charge on any atom is -0.496 e. The summed E-state index contributed by atoms with van der Waals surface area (Å²) >= 11 is 0. The van der Waals surface area contributed by atoms with Crippen LogP contribution in [0, 0.1) is 6.92 Å². The first-order valence-corrected chi connectivity index (χ1v) is 11.0. The molecule has 1 amide bonds. The third-order valence-corrected chi connectivity index (χ3v) is 6.94. The van der Waals surface area contributed by atoms with Gasteiger partial charge in [-0.1, -0.05) is 48.0 Å². The van der Waals surface area contributed by atoms with Gasteiger partial charge in [0.15, 0.2) is 0 Å². The first kappa shape index (κ1) is 20.0. The summed E-state index contributed by atoms with van der Waals surface area (Å²) in [6.45, 7) is 1.90. The van der Waals surface area contributed by atoms with Gasteiger partial charge in [0, 0.05) is 23.2 Å². The maximum absolute atomic E-state index is 13.3. The molecule has 7 heteroatoms. The van der Waals surface area contributed by atoms with Crippen LogP contribution in [0.3, 0.4) is 0 Å². The summed E-state index contributed by atoms with van der Waals surface area (Å²) in [5, 5.41) is 2.80. The Morgan fingerprint density at radius 3 is 2.53 bits per heavy atom. The van der Waals surface area contributed by atoms with E-state index in [1.165, 1.54) is 4.31 Å². The molecule has 6 nitrogen and oxygen atoms in total. The Morgan fingerprint density at radius 2 is 1.73 bits per heavy atom. The second-order valence-corrected chi connectivity index (χ2v) is 8.95. The minimum absolute atomic E-state index is 0.209. The predicted molar refractivity (Wildman–Crippen MR) is 116 cm³/mol. The van der Waals surface area contributed by atoms with Gasteiger partial charge in [-0.2, -0.15) is 0 Å². The highest BCUT2D eigenvalue weighted by Crippen LogP contribution is 2.43. The molecule has 0 unspecified atom stereocenters. The lowest BCUT2D eigenvalue weighted by Gasteiger charge is -2.31. The third-order valence-electron chi connectivity index (χ3n) is 5.12. The fraction of sp³-hybridized carbons (Fsp3) is 0.174. The van der Waals surface area contributed by atoms with Crippen LogP contribution in [0.2, 0.25) is 0 Å². The van der Waals surface area contributed by atoms with Crippen LogP contribution in [0.1, 0.15) is 11.1 Å². The molecule has 0 fully saturated rings. The molecule has 3 aromatic rings. The van der Waals surface area contributed by atoms with Crippen molar-refractivity contribution in [1.29, 1.82) is 0 Å². The number of fused-ring (bicyclic) bond motifs is 3. The SMILES string of the molecule is COc1ccccc1CNC(=O)CN1c2ccc(C)cc2-c2ccccc2S1(=O)=O. The van der Waals surface area contributed by atoms with E-state index >= 15 is 0 Å². The summed E-state index contributed by atoms with van der Waals surface area (Å²) in [6, 6.07) is 19.8. The van der Waals surface area contributed by atoms with Crippen molar-refractivity contribution < 1.29 is 17.9 Å². The van der Waals surface area contributed by atoms with E-state index in [0.717, 1.165) is 16.7 Å². The van der Waals surface area contributed by atoms with Crippen molar-refractivity contribution in [1.82, 2.24) is 5.32 Å². The molecule has 0 radical (unpaired) electrons. The zero-order valence-corrected chi connectivity index (χ0v) is 17.6. The second kappa shape index (κ2) is 7.84. The maximum Gasteiger partial charge on any atom is 0.265 e. The van der Waals surface area contributed by atoms with Crippen molar-refractivity contribution in [3.05, 3.63) is 77.9 Å². The average Bonchev–Trinajstić information content (AvgIpc) is 2.75. The molecule has 30 heavy (non-hydrogen) atoms. The maximum atomic E-state index is 13.3. The van der Waals surface area contributed by atoms with Crippen LogP contribution in [0.5, 0.6) is 5.75 Å². The molecule has 0 saturated carbocycles. The molecule has 1 N–H and O–H groups in total. The zero-order valence-electron chi connectivity index (χ0n) is 16.8. The Kier molecular flexibility index (Phi) is 5.22. The number of para-hydroxylation sites is 1. The van der Waals surface area contributed by atoms with E-state index in [9.17, 15) is 13.2 Å². The molecule has 0 atom stereocenters. The van der Waals surface area contributed by atoms with E-state index in [-0.39, 0.29) is 18.0 Å². The smallest absolute Gasteiger partial charge is 0.265 e. The minimum atomic E-state index is -3.85. The number of hydrogen-bond donors (Lipinski definition) is 1. The lowest BCUT2D eigenvalue weighted by Crippen LogP contribution is -2.42. The number of nitrogens with zero attached hydrogens (tertiary/aromatic N) is 1. The molecule has 1 aliphatic rings. The first-order chi connectivity index (χ1) is 14.4. The summed E-state index contributed by atoms with van der Waals surface area (Å²) in [7, 11) is -2.29. The number of ether oxygens (including phenoxy) is 1. The number of amides is 1. The number of rotatable bonds is 5. The highest BCUT2D eigenvalue weighted by atomic mass is 32.2.